The molecule has 0 bridgehead atoms. The van der Waals surface area contributed by atoms with E-state index in [0.29, 0.717) is 0 Å². The number of likely N-dealkylation sites (N-methyl/N-ethyl adjacent to an activating group) is 1. The third-order valence-corrected chi connectivity index (χ3v) is 4.54. The maximum atomic E-state index is 13.3. The molecule has 0 unspecified atom stereocenters. The van der Waals surface area contributed by atoms with Crippen LogP contribution in [0.4, 0.5) is 0 Å². The molecular weight excluding hydrogens is 284 g/mol. The molecule has 23 heavy (non-hydrogen) atoms. The first-order valence-electron chi connectivity index (χ1n) is 8.33. The van der Waals surface area contributed by atoms with E-state index in [2.05, 4.69) is 36.2 Å². The monoisotopic (exact) mass is 308 g/mol. The molecule has 3 nitrogen and oxygen atoms in total. The van der Waals surface area contributed by atoms with Crippen molar-refractivity contribution in [2.75, 3.05) is 33.2 Å². The molecule has 0 aromatic heterocycles. The Labute approximate surface area is 138 Å². The van der Waals surface area contributed by atoms with Crippen LogP contribution in [0.1, 0.15) is 23.5 Å². The van der Waals surface area contributed by atoms with Gasteiger partial charge in [0.15, 0.2) is 0 Å². The van der Waals surface area contributed by atoms with Crippen LogP contribution in [0.5, 0.6) is 0 Å². The third-order valence-electron chi connectivity index (χ3n) is 4.54. The van der Waals surface area contributed by atoms with Gasteiger partial charge in [-0.3, -0.25) is 4.79 Å². The molecule has 0 radical (unpaired) electrons. The predicted octanol–water partition coefficient (Wildman–Crippen LogP) is 2.98. The molecule has 3 rings (SSSR count). The zero-order valence-corrected chi connectivity index (χ0v) is 13.7. The maximum Gasteiger partial charge on any atom is 0.234 e. The topological polar surface area (TPSA) is 23.6 Å². The molecule has 1 saturated heterocycles. The molecule has 1 amide bonds. The number of benzene rings is 2. The molecular formula is C20H24N2O. The zero-order chi connectivity index (χ0) is 16.1. The Morgan fingerprint density at radius 2 is 1.39 bits per heavy atom. The van der Waals surface area contributed by atoms with Crippen LogP contribution < -0.4 is 0 Å². The normalized spacial score (nSPS) is 16.3. The fourth-order valence-corrected chi connectivity index (χ4v) is 3.22. The van der Waals surface area contributed by atoms with Crippen LogP contribution in [0.3, 0.4) is 0 Å². The highest BCUT2D eigenvalue weighted by atomic mass is 16.2. The van der Waals surface area contributed by atoms with Crippen molar-refractivity contribution in [2.45, 2.75) is 12.3 Å². The molecule has 1 fully saturated rings. The molecule has 1 aliphatic rings. The summed E-state index contributed by atoms with van der Waals surface area (Å²) in [5.74, 6) is 0.0125. The summed E-state index contributed by atoms with van der Waals surface area (Å²) in [5, 5.41) is 0. The lowest BCUT2D eigenvalue weighted by Crippen LogP contribution is -2.38. The lowest BCUT2D eigenvalue weighted by Gasteiger charge is -2.27. The minimum Gasteiger partial charge on any atom is -0.341 e. The Balaban J connectivity index is 1.90. The molecule has 0 aliphatic carbocycles. The first kappa shape index (κ1) is 15.8. The van der Waals surface area contributed by atoms with Crippen LogP contribution in [-0.4, -0.2) is 48.9 Å². The number of nitrogens with zero attached hydrogens (tertiary/aromatic N) is 2. The smallest absolute Gasteiger partial charge is 0.234 e. The van der Waals surface area contributed by atoms with Crippen LogP contribution in [0.15, 0.2) is 60.7 Å². The van der Waals surface area contributed by atoms with E-state index in [1.54, 1.807) is 0 Å². The molecule has 0 saturated carbocycles. The lowest BCUT2D eigenvalue weighted by molar-refractivity contribution is -0.131. The Morgan fingerprint density at radius 1 is 0.826 bits per heavy atom. The van der Waals surface area contributed by atoms with Crippen molar-refractivity contribution in [2.24, 2.45) is 0 Å². The molecule has 120 valence electrons. The minimum absolute atomic E-state index is 0.208. The zero-order valence-electron chi connectivity index (χ0n) is 13.7. The summed E-state index contributed by atoms with van der Waals surface area (Å²) >= 11 is 0. The van der Waals surface area contributed by atoms with E-state index < -0.39 is 0 Å². The SMILES string of the molecule is CN1CCCN(C(=O)C(c2ccccc2)c2ccccc2)CC1. The highest BCUT2D eigenvalue weighted by Crippen LogP contribution is 2.27. The average molecular weight is 308 g/mol. The molecule has 2 aromatic rings. The van der Waals surface area contributed by atoms with Gasteiger partial charge in [-0.05, 0) is 31.1 Å². The van der Waals surface area contributed by atoms with E-state index >= 15 is 0 Å². The van der Waals surface area contributed by atoms with E-state index in [1.807, 2.05) is 41.3 Å². The highest BCUT2D eigenvalue weighted by molar-refractivity contribution is 5.87. The van der Waals surface area contributed by atoms with Gasteiger partial charge in [0.2, 0.25) is 5.91 Å². The van der Waals surface area contributed by atoms with Crippen molar-refractivity contribution < 1.29 is 4.79 Å². The maximum absolute atomic E-state index is 13.3. The largest absolute Gasteiger partial charge is 0.341 e. The van der Waals surface area contributed by atoms with Gasteiger partial charge in [-0.25, -0.2) is 0 Å². The molecule has 0 spiro atoms. The molecule has 1 heterocycles. The van der Waals surface area contributed by atoms with Gasteiger partial charge in [-0.1, -0.05) is 60.7 Å². The quantitative estimate of drug-likeness (QED) is 0.870. The first-order valence-corrected chi connectivity index (χ1v) is 8.33. The van der Waals surface area contributed by atoms with E-state index in [1.165, 1.54) is 0 Å². The summed E-state index contributed by atoms with van der Waals surface area (Å²) in [6, 6.07) is 20.2. The fourth-order valence-electron chi connectivity index (χ4n) is 3.22. The highest BCUT2D eigenvalue weighted by Gasteiger charge is 2.28. The molecule has 0 N–H and O–H groups in total. The minimum atomic E-state index is -0.208. The van der Waals surface area contributed by atoms with Crippen molar-refractivity contribution in [1.29, 1.82) is 0 Å². The van der Waals surface area contributed by atoms with E-state index in [0.717, 1.165) is 43.7 Å². The van der Waals surface area contributed by atoms with Gasteiger partial charge in [-0.2, -0.15) is 0 Å². The Kier molecular flexibility index (Phi) is 5.09. The Hall–Kier alpha value is -2.13. The second-order valence-corrected chi connectivity index (χ2v) is 6.24. The number of rotatable bonds is 3. The lowest BCUT2D eigenvalue weighted by atomic mass is 9.90. The standard InChI is InChI=1S/C20H24N2O/c1-21-13-8-14-22(16-15-21)20(23)19(17-9-4-2-5-10-17)18-11-6-3-7-12-18/h2-7,9-12,19H,8,13-16H2,1H3. The summed E-state index contributed by atoms with van der Waals surface area (Å²) in [6.45, 7) is 3.66. The average Bonchev–Trinajstić information content (AvgIpc) is 2.82. The number of carbonyl (C=O) groups is 1. The summed E-state index contributed by atoms with van der Waals surface area (Å²) < 4.78 is 0. The summed E-state index contributed by atoms with van der Waals surface area (Å²) in [7, 11) is 2.12. The van der Waals surface area contributed by atoms with Crippen LogP contribution in [0, 0.1) is 0 Å². The van der Waals surface area contributed by atoms with Crippen molar-refractivity contribution in [3.8, 4) is 0 Å². The number of hydrogen-bond acceptors (Lipinski definition) is 2. The van der Waals surface area contributed by atoms with Crippen LogP contribution in [0.2, 0.25) is 0 Å². The molecule has 1 aliphatic heterocycles. The molecule has 0 atom stereocenters. The summed E-state index contributed by atoms with van der Waals surface area (Å²) in [5.41, 5.74) is 2.14. The van der Waals surface area contributed by atoms with E-state index in [4.69, 9.17) is 0 Å². The Bertz CT molecular complexity index is 587. The van der Waals surface area contributed by atoms with E-state index in [9.17, 15) is 4.79 Å². The van der Waals surface area contributed by atoms with Crippen LogP contribution in [0.25, 0.3) is 0 Å². The van der Waals surface area contributed by atoms with Gasteiger partial charge in [0, 0.05) is 19.6 Å². The molecule has 3 heteroatoms. The predicted molar refractivity (Wildman–Crippen MR) is 93.4 cm³/mol. The van der Waals surface area contributed by atoms with Gasteiger partial charge in [0.05, 0.1) is 5.92 Å². The fraction of sp³-hybridized carbons (Fsp3) is 0.350. The molecule has 2 aromatic carbocycles. The van der Waals surface area contributed by atoms with Crippen molar-refractivity contribution in [3.63, 3.8) is 0 Å². The van der Waals surface area contributed by atoms with Gasteiger partial charge < -0.3 is 9.80 Å². The van der Waals surface area contributed by atoms with Crippen molar-refractivity contribution in [1.82, 2.24) is 9.80 Å². The Morgan fingerprint density at radius 3 is 1.96 bits per heavy atom. The van der Waals surface area contributed by atoms with Gasteiger partial charge in [-0.15, -0.1) is 0 Å². The van der Waals surface area contributed by atoms with E-state index in [-0.39, 0.29) is 11.8 Å². The summed E-state index contributed by atoms with van der Waals surface area (Å²) in [6.07, 6.45) is 1.04. The van der Waals surface area contributed by atoms with Crippen LogP contribution >= 0.6 is 0 Å². The number of carbonyl (C=O) groups excluding carboxylic acids is 1. The van der Waals surface area contributed by atoms with Crippen LogP contribution in [-0.2, 0) is 4.79 Å². The number of hydrogen-bond donors (Lipinski definition) is 0. The third kappa shape index (κ3) is 3.80. The summed E-state index contributed by atoms with van der Waals surface area (Å²) in [4.78, 5) is 17.6. The van der Waals surface area contributed by atoms with Gasteiger partial charge in [0.25, 0.3) is 0 Å². The second kappa shape index (κ2) is 7.42. The van der Waals surface area contributed by atoms with Crippen molar-refractivity contribution >= 4 is 5.91 Å². The van der Waals surface area contributed by atoms with Crippen molar-refractivity contribution in [3.05, 3.63) is 71.8 Å². The first-order chi connectivity index (χ1) is 11.3. The number of amides is 1. The van der Waals surface area contributed by atoms with Gasteiger partial charge in [0.1, 0.15) is 0 Å². The second-order valence-electron chi connectivity index (χ2n) is 6.24. The van der Waals surface area contributed by atoms with Gasteiger partial charge >= 0.3 is 0 Å².